The molecule has 45 heavy (non-hydrogen) atoms. The van der Waals surface area contributed by atoms with E-state index in [0.29, 0.717) is 0 Å². The first-order valence-electron chi connectivity index (χ1n) is 15.8. The first kappa shape index (κ1) is 28.7. The first-order valence-corrected chi connectivity index (χ1v) is 15.8. The summed E-state index contributed by atoms with van der Waals surface area (Å²) >= 11 is 0. The molecule has 7 rings (SSSR count). The van der Waals surface area contributed by atoms with E-state index in [-0.39, 0.29) is 10.8 Å². The summed E-state index contributed by atoms with van der Waals surface area (Å²) in [5.41, 5.74) is 13.2. The molecule has 7 aromatic rings. The summed E-state index contributed by atoms with van der Waals surface area (Å²) in [4.78, 5) is 14.0. The minimum Gasteiger partial charge on any atom is -0.353 e. The maximum Gasteiger partial charge on any atom is 0.0736 e. The SMILES string of the molecule is CC(C)(C)c1cc(-c2ccccn2)c2[nH]c3c(-c4cc(-c5ccccc5)cc(-c5ccccc5)n4)cc(C(C)(C)C)cc3c2c1. The third kappa shape index (κ3) is 5.44. The van der Waals surface area contributed by atoms with E-state index in [9.17, 15) is 0 Å². The van der Waals surface area contributed by atoms with Crippen molar-refractivity contribution in [2.45, 2.75) is 52.4 Å². The van der Waals surface area contributed by atoms with Crippen LogP contribution < -0.4 is 0 Å². The van der Waals surface area contributed by atoms with Gasteiger partial charge in [-0.1, -0.05) is 108 Å². The number of rotatable bonds is 4. The van der Waals surface area contributed by atoms with Gasteiger partial charge in [0, 0.05) is 33.7 Å². The van der Waals surface area contributed by atoms with E-state index < -0.39 is 0 Å². The van der Waals surface area contributed by atoms with Gasteiger partial charge in [-0.2, -0.15) is 0 Å². The van der Waals surface area contributed by atoms with Crippen LogP contribution in [0.25, 0.3) is 66.7 Å². The zero-order valence-electron chi connectivity index (χ0n) is 26.9. The lowest BCUT2D eigenvalue weighted by Gasteiger charge is -2.22. The van der Waals surface area contributed by atoms with Crippen LogP contribution in [0.15, 0.2) is 121 Å². The lowest BCUT2D eigenvalue weighted by atomic mass is 9.83. The third-order valence-corrected chi connectivity index (χ3v) is 8.77. The van der Waals surface area contributed by atoms with Gasteiger partial charge in [0.25, 0.3) is 0 Å². The fraction of sp³-hybridized carbons (Fsp3) is 0.190. The van der Waals surface area contributed by atoms with Crippen molar-refractivity contribution < 1.29 is 0 Å². The molecule has 0 unspecified atom stereocenters. The highest BCUT2D eigenvalue weighted by Gasteiger charge is 2.24. The molecule has 0 aliphatic carbocycles. The standard InChI is InChI=1S/C42H39N3/c1-41(2,3)30-23-32-33-24-31(42(4,5)6)26-35(40(33)45-39(32)34(25-30)36-19-13-14-20-43-36)38-22-29(27-15-9-7-10-16-27)21-37(44-38)28-17-11-8-12-18-28/h7-26,45H,1-6H3. The molecule has 0 spiro atoms. The van der Waals surface area contributed by atoms with Gasteiger partial charge < -0.3 is 4.98 Å². The minimum atomic E-state index is -0.0582. The van der Waals surface area contributed by atoms with Crippen LogP contribution in [0.3, 0.4) is 0 Å². The number of nitrogens with zero attached hydrogens (tertiary/aromatic N) is 2. The smallest absolute Gasteiger partial charge is 0.0736 e. The molecule has 4 aromatic carbocycles. The molecule has 0 bridgehead atoms. The number of hydrogen-bond acceptors (Lipinski definition) is 2. The summed E-state index contributed by atoms with van der Waals surface area (Å²) in [6.07, 6.45) is 1.88. The van der Waals surface area contributed by atoms with E-state index in [0.717, 1.165) is 50.4 Å². The maximum absolute atomic E-state index is 5.35. The van der Waals surface area contributed by atoms with Gasteiger partial charge in [0.15, 0.2) is 0 Å². The highest BCUT2D eigenvalue weighted by atomic mass is 14.8. The van der Waals surface area contributed by atoms with Crippen LogP contribution in [-0.4, -0.2) is 15.0 Å². The molecular weight excluding hydrogens is 546 g/mol. The molecule has 0 radical (unpaired) electrons. The molecule has 0 saturated carbocycles. The molecule has 0 saturated heterocycles. The monoisotopic (exact) mass is 585 g/mol. The van der Waals surface area contributed by atoms with Crippen LogP contribution in [0.1, 0.15) is 52.7 Å². The van der Waals surface area contributed by atoms with Crippen molar-refractivity contribution in [1.82, 2.24) is 15.0 Å². The second-order valence-corrected chi connectivity index (χ2v) is 14.1. The van der Waals surface area contributed by atoms with Crippen LogP contribution in [0, 0.1) is 0 Å². The van der Waals surface area contributed by atoms with Gasteiger partial charge in [-0.05, 0) is 81.6 Å². The predicted molar refractivity (Wildman–Crippen MR) is 191 cm³/mol. The van der Waals surface area contributed by atoms with Gasteiger partial charge in [0.05, 0.1) is 28.1 Å². The Balaban J connectivity index is 1.59. The normalized spacial score (nSPS) is 12.2. The van der Waals surface area contributed by atoms with Crippen LogP contribution in [0.5, 0.6) is 0 Å². The molecule has 3 heterocycles. The Morgan fingerprint density at radius 3 is 1.51 bits per heavy atom. The molecule has 3 nitrogen and oxygen atoms in total. The molecule has 1 N–H and O–H groups in total. The minimum absolute atomic E-state index is 0.0259. The third-order valence-electron chi connectivity index (χ3n) is 8.77. The molecule has 0 aliphatic rings. The van der Waals surface area contributed by atoms with Crippen LogP contribution >= 0.6 is 0 Å². The molecule has 222 valence electrons. The van der Waals surface area contributed by atoms with Crippen LogP contribution in [0.4, 0.5) is 0 Å². The molecule has 3 heteroatoms. The molecule has 0 amide bonds. The van der Waals surface area contributed by atoms with Crippen molar-refractivity contribution >= 4 is 21.8 Å². The lowest BCUT2D eigenvalue weighted by Crippen LogP contribution is -2.11. The van der Waals surface area contributed by atoms with E-state index in [1.807, 2.05) is 12.3 Å². The fourth-order valence-corrected chi connectivity index (χ4v) is 6.12. The quantitative estimate of drug-likeness (QED) is 0.223. The largest absolute Gasteiger partial charge is 0.353 e. The summed E-state index contributed by atoms with van der Waals surface area (Å²) in [7, 11) is 0. The van der Waals surface area contributed by atoms with Crippen molar-refractivity contribution in [2.75, 3.05) is 0 Å². The second-order valence-electron chi connectivity index (χ2n) is 14.1. The average Bonchev–Trinajstić information content (AvgIpc) is 3.43. The molecule has 0 atom stereocenters. The summed E-state index contributed by atoms with van der Waals surface area (Å²) < 4.78 is 0. The Bertz CT molecular complexity index is 2090. The molecule has 3 aromatic heterocycles. The average molecular weight is 586 g/mol. The van der Waals surface area contributed by atoms with Gasteiger partial charge in [0.1, 0.15) is 0 Å². The second kappa shape index (κ2) is 10.9. The Hall–Kier alpha value is -5.02. The van der Waals surface area contributed by atoms with E-state index in [2.05, 4.69) is 156 Å². The molecule has 0 aliphatic heterocycles. The summed E-state index contributed by atoms with van der Waals surface area (Å²) in [5, 5.41) is 2.43. The van der Waals surface area contributed by atoms with Crippen molar-refractivity contribution in [3.8, 4) is 44.9 Å². The van der Waals surface area contributed by atoms with Gasteiger partial charge in [-0.3, -0.25) is 4.98 Å². The number of pyridine rings is 2. The fourth-order valence-electron chi connectivity index (χ4n) is 6.12. The highest BCUT2D eigenvalue weighted by Crippen LogP contribution is 2.43. The van der Waals surface area contributed by atoms with E-state index in [1.165, 1.54) is 27.5 Å². The number of H-pyrrole nitrogens is 1. The van der Waals surface area contributed by atoms with Gasteiger partial charge in [-0.25, -0.2) is 4.98 Å². The number of benzene rings is 4. The number of aromatic nitrogens is 3. The number of nitrogens with one attached hydrogen (secondary N) is 1. The summed E-state index contributed by atoms with van der Waals surface area (Å²) in [5.74, 6) is 0. The number of aromatic amines is 1. The Labute approximate surface area is 266 Å². The van der Waals surface area contributed by atoms with Crippen LogP contribution in [-0.2, 0) is 10.8 Å². The van der Waals surface area contributed by atoms with Crippen molar-refractivity contribution in [3.05, 3.63) is 133 Å². The Kier molecular flexibility index (Phi) is 6.93. The Morgan fingerprint density at radius 2 is 0.978 bits per heavy atom. The van der Waals surface area contributed by atoms with Gasteiger partial charge in [0.2, 0.25) is 0 Å². The van der Waals surface area contributed by atoms with Gasteiger partial charge in [-0.15, -0.1) is 0 Å². The van der Waals surface area contributed by atoms with Crippen molar-refractivity contribution in [1.29, 1.82) is 0 Å². The lowest BCUT2D eigenvalue weighted by molar-refractivity contribution is 0.590. The van der Waals surface area contributed by atoms with Crippen molar-refractivity contribution in [2.24, 2.45) is 0 Å². The predicted octanol–water partition coefficient (Wildman–Crippen LogP) is 11.4. The summed E-state index contributed by atoms with van der Waals surface area (Å²) in [6, 6.07) is 41.1. The molecular formula is C42H39N3. The van der Waals surface area contributed by atoms with E-state index >= 15 is 0 Å². The number of fused-ring (bicyclic) bond motifs is 3. The summed E-state index contributed by atoms with van der Waals surface area (Å²) in [6.45, 7) is 13.7. The zero-order valence-corrected chi connectivity index (χ0v) is 26.9. The Morgan fingerprint density at radius 1 is 0.467 bits per heavy atom. The van der Waals surface area contributed by atoms with Crippen molar-refractivity contribution in [3.63, 3.8) is 0 Å². The number of hydrogen-bond donors (Lipinski definition) is 1. The maximum atomic E-state index is 5.35. The highest BCUT2D eigenvalue weighted by molar-refractivity contribution is 6.15. The first-order chi connectivity index (χ1) is 21.6. The zero-order chi connectivity index (χ0) is 31.3. The molecule has 0 fully saturated rings. The van der Waals surface area contributed by atoms with Crippen LogP contribution in [0.2, 0.25) is 0 Å². The van der Waals surface area contributed by atoms with E-state index in [4.69, 9.17) is 9.97 Å². The topological polar surface area (TPSA) is 41.6 Å². The van der Waals surface area contributed by atoms with Gasteiger partial charge >= 0.3 is 0 Å². The van der Waals surface area contributed by atoms with E-state index in [1.54, 1.807) is 0 Å².